The summed E-state index contributed by atoms with van der Waals surface area (Å²) < 4.78 is 5.53. The van der Waals surface area contributed by atoms with Crippen molar-refractivity contribution in [3.05, 3.63) is 35.5 Å². The molecule has 0 unspecified atom stereocenters. The normalized spacial score (nSPS) is 10.4. The van der Waals surface area contributed by atoms with Crippen LogP contribution in [0.2, 0.25) is 0 Å². The van der Waals surface area contributed by atoms with E-state index < -0.39 is 5.97 Å². The number of rotatable bonds is 3. The summed E-state index contributed by atoms with van der Waals surface area (Å²) in [4.78, 5) is 16.0. The van der Waals surface area contributed by atoms with Crippen molar-refractivity contribution >= 4 is 29.9 Å². The third-order valence-electron chi connectivity index (χ3n) is 2.34. The summed E-state index contributed by atoms with van der Waals surface area (Å²) in [6.45, 7) is 4.12. The summed E-state index contributed by atoms with van der Waals surface area (Å²) >= 11 is 5.66. The number of ether oxygens (including phenoxy) is 1. The molecule has 2 rings (SSSR count). The van der Waals surface area contributed by atoms with Gasteiger partial charge in [-0.2, -0.15) is 0 Å². The molecule has 2 aromatic rings. The molecule has 0 aliphatic carbocycles. The Bertz CT molecular complexity index is 578. The highest BCUT2D eigenvalue weighted by molar-refractivity contribution is 7.83. The molecule has 18 heavy (non-hydrogen) atoms. The van der Waals surface area contributed by atoms with Gasteiger partial charge in [0.05, 0.1) is 10.8 Å². The van der Waals surface area contributed by atoms with Crippen LogP contribution in [-0.2, 0) is 4.74 Å². The lowest BCUT2D eigenvalue weighted by Gasteiger charge is -1.98. The highest BCUT2D eigenvalue weighted by atomic mass is 32.2. The van der Waals surface area contributed by atoms with Gasteiger partial charge in [-0.05, 0) is 19.9 Å². The average molecular weight is 279 g/mol. The van der Waals surface area contributed by atoms with Crippen molar-refractivity contribution in [3.63, 3.8) is 0 Å². The number of hydrogen-bond donors (Lipinski definition) is 1. The monoisotopic (exact) mass is 279 g/mol. The first-order chi connectivity index (χ1) is 8.61. The van der Waals surface area contributed by atoms with Crippen LogP contribution in [0.3, 0.4) is 0 Å². The zero-order valence-electron chi connectivity index (χ0n) is 10.1. The highest BCUT2D eigenvalue weighted by Crippen LogP contribution is 2.31. The van der Waals surface area contributed by atoms with Crippen molar-refractivity contribution in [1.29, 1.82) is 0 Å². The van der Waals surface area contributed by atoms with Gasteiger partial charge in [0.2, 0.25) is 0 Å². The van der Waals surface area contributed by atoms with E-state index in [1.165, 1.54) is 11.3 Å². The fourth-order valence-electron chi connectivity index (χ4n) is 1.55. The molecule has 0 saturated carbocycles. The van der Waals surface area contributed by atoms with Crippen LogP contribution >= 0.6 is 24.0 Å². The van der Waals surface area contributed by atoms with Gasteiger partial charge in [0, 0.05) is 5.56 Å². The zero-order chi connectivity index (χ0) is 13.1. The molecule has 0 fully saturated rings. The molecule has 94 valence electrons. The predicted octanol–water partition coefficient (Wildman–Crippen LogP) is 3.58. The van der Waals surface area contributed by atoms with Crippen molar-refractivity contribution in [3.8, 4) is 10.6 Å². The van der Waals surface area contributed by atoms with Gasteiger partial charge in [-0.1, -0.05) is 23.8 Å². The predicted molar refractivity (Wildman–Crippen MR) is 75.5 cm³/mol. The zero-order valence-corrected chi connectivity index (χ0v) is 11.8. The molecule has 5 heteroatoms. The Morgan fingerprint density at radius 2 is 2.28 bits per heavy atom. The van der Waals surface area contributed by atoms with Gasteiger partial charge in [0.15, 0.2) is 5.69 Å². The number of nitrogens with zero attached hydrogens (tertiary/aromatic N) is 1. The van der Waals surface area contributed by atoms with Gasteiger partial charge in [0.1, 0.15) is 5.01 Å². The number of aryl methyl sites for hydroxylation is 1. The number of benzene rings is 1. The van der Waals surface area contributed by atoms with Crippen LogP contribution in [0.4, 0.5) is 0 Å². The molecule has 0 N–H and O–H groups in total. The minimum Gasteiger partial charge on any atom is -0.461 e. The molecule has 0 aliphatic rings. The molecule has 0 saturated heterocycles. The van der Waals surface area contributed by atoms with Crippen LogP contribution in [0.15, 0.2) is 28.5 Å². The standard InChI is InChI=1S/C13H13NO2S2/c1-3-16-12(15)10-13(17)18-11(14-10)9-6-4-5-8(2)7-9/h4-7,17H,3H2,1-2H3. The Labute approximate surface area is 115 Å². The van der Waals surface area contributed by atoms with E-state index in [-0.39, 0.29) is 0 Å². The van der Waals surface area contributed by atoms with Gasteiger partial charge < -0.3 is 4.74 Å². The molecule has 0 radical (unpaired) electrons. The van der Waals surface area contributed by atoms with Crippen LogP contribution in [0.1, 0.15) is 23.0 Å². The lowest BCUT2D eigenvalue weighted by Crippen LogP contribution is -2.05. The molecular formula is C13H13NO2S2. The minimum absolute atomic E-state index is 0.293. The Hall–Kier alpha value is -1.33. The van der Waals surface area contributed by atoms with Crippen molar-refractivity contribution in [1.82, 2.24) is 4.98 Å². The molecule has 0 spiro atoms. The molecule has 1 heterocycles. The third kappa shape index (κ3) is 2.73. The van der Waals surface area contributed by atoms with E-state index in [2.05, 4.69) is 17.6 Å². The van der Waals surface area contributed by atoms with Crippen LogP contribution < -0.4 is 0 Å². The first kappa shape index (κ1) is 13.1. The quantitative estimate of drug-likeness (QED) is 0.689. The van der Waals surface area contributed by atoms with Crippen molar-refractivity contribution < 1.29 is 9.53 Å². The number of thiol groups is 1. The van der Waals surface area contributed by atoms with Gasteiger partial charge in [-0.3, -0.25) is 0 Å². The molecule has 1 aromatic heterocycles. The van der Waals surface area contributed by atoms with E-state index >= 15 is 0 Å². The van der Waals surface area contributed by atoms with Gasteiger partial charge >= 0.3 is 5.97 Å². The average Bonchev–Trinajstić information content (AvgIpc) is 2.72. The number of carbonyl (C=O) groups is 1. The van der Waals surface area contributed by atoms with E-state index in [0.717, 1.165) is 16.1 Å². The Morgan fingerprint density at radius 3 is 2.94 bits per heavy atom. The molecule has 0 aliphatic heterocycles. The lowest BCUT2D eigenvalue weighted by molar-refractivity contribution is 0.0516. The van der Waals surface area contributed by atoms with Crippen LogP contribution in [-0.4, -0.2) is 17.6 Å². The second-order valence-electron chi connectivity index (χ2n) is 3.76. The number of thiazole rings is 1. The largest absolute Gasteiger partial charge is 0.461 e. The molecule has 3 nitrogen and oxygen atoms in total. The van der Waals surface area contributed by atoms with E-state index in [1.54, 1.807) is 6.92 Å². The number of esters is 1. The Kier molecular flexibility index (Phi) is 4.04. The summed E-state index contributed by atoms with van der Waals surface area (Å²) in [5.41, 5.74) is 2.44. The summed E-state index contributed by atoms with van der Waals surface area (Å²) in [7, 11) is 0. The Morgan fingerprint density at radius 1 is 1.50 bits per heavy atom. The van der Waals surface area contributed by atoms with Crippen LogP contribution in [0.5, 0.6) is 0 Å². The second kappa shape index (κ2) is 5.54. The number of carbonyl (C=O) groups excluding carboxylic acids is 1. The number of aromatic nitrogens is 1. The maximum Gasteiger partial charge on any atom is 0.359 e. The molecule has 0 amide bonds. The molecule has 0 atom stereocenters. The summed E-state index contributed by atoms with van der Waals surface area (Å²) in [6.07, 6.45) is 0. The maximum absolute atomic E-state index is 11.7. The number of hydrogen-bond acceptors (Lipinski definition) is 5. The molecule has 0 bridgehead atoms. The third-order valence-corrected chi connectivity index (χ3v) is 3.74. The van der Waals surface area contributed by atoms with Crippen molar-refractivity contribution in [2.45, 2.75) is 18.1 Å². The van der Waals surface area contributed by atoms with Crippen molar-refractivity contribution in [2.24, 2.45) is 0 Å². The lowest BCUT2D eigenvalue weighted by atomic mass is 10.1. The fraction of sp³-hybridized carbons (Fsp3) is 0.231. The SMILES string of the molecule is CCOC(=O)c1nc(-c2cccc(C)c2)sc1S. The van der Waals surface area contributed by atoms with Crippen molar-refractivity contribution in [2.75, 3.05) is 6.61 Å². The van der Waals surface area contributed by atoms with E-state index in [9.17, 15) is 4.79 Å². The van der Waals surface area contributed by atoms with E-state index in [4.69, 9.17) is 4.74 Å². The van der Waals surface area contributed by atoms with Gasteiger partial charge in [0.25, 0.3) is 0 Å². The first-order valence-corrected chi connectivity index (χ1v) is 6.82. The summed E-state index contributed by atoms with van der Waals surface area (Å²) in [5, 5.41) is 0.784. The smallest absolute Gasteiger partial charge is 0.359 e. The minimum atomic E-state index is -0.419. The maximum atomic E-state index is 11.7. The Balaban J connectivity index is 2.37. The summed E-state index contributed by atoms with van der Waals surface area (Å²) in [5.74, 6) is -0.419. The van der Waals surface area contributed by atoms with Gasteiger partial charge in [-0.25, -0.2) is 9.78 Å². The summed E-state index contributed by atoms with van der Waals surface area (Å²) in [6, 6.07) is 7.98. The second-order valence-corrected chi connectivity index (χ2v) is 5.51. The van der Waals surface area contributed by atoms with E-state index in [0.29, 0.717) is 16.5 Å². The molecular weight excluding hydrogens is 266 g/mol. The highest BCUT2D eigenvalue weighted by Gasteiger charge is 2.17. The van der Waals surface area contributed by atoms with E-state index in [1.807, 2.05) is 31.2 Å². The van der Waals surface area contributed by atoms with Gasteiger partial charge in [-0.15, -0.1) is 24.0 Å². The molecule has 1 aromatic carbocycles. The topological polar surface area (TPSA) is 39.2 Å². The van der Waals surface area contributed by atoms with Crippen LogP contribution in [0.25, 0.3) is 10.6 Å². The fourth-order valence-corrected chi connectivity index (χ4v) is 2.74. The van der Waals surface area contributed by atoms with Crippen LogP contribution in [0, 0.1) is 6.92 Å². The first-order valence-electron chi connectivity index (χ1n) is 5.55.